The lowest BCUT2D eigenvalue weighted by molar-refractivity contribution is -0.125. The number of benzene rings is 1. The van der Waals surface area contributed by atoms with Gasteiger partial charge >= 0.3 is 0 Å². The fourth-order valence-corrected chi connectivity index (χ4v) is 3.38. The van der Waals surface area contributed by atoms with Crippen LogP contribution in [0, 0.1) is 19.8 Å². The van der Waals surface area contributed by atoms with Gasteiger partial charge in [0.2, 0.25) is 5.91 Å². The molecule has 144 valence electrons. The normalized spacial score (nSPS) is 15.0. The zero-order valence-electron chi connectivity index (χ0n) is 16.4. The third-order valence-corrected chi connectivity index (χ3v) is 4.94. The summed E-state index contributed by atoms with van der Waals surface area (Å²) < 4.78 is 5.15. The summed E-state index contributed by atoms with van der Waals surface area (Å²) in [5, 5.41) is 3.08. The first kappa shape index (κ1) is 19.3. The standard InChI is InChI=1S/C21H28N4O2/c1-15-4-6-17(7-5-15)13-22-21(26)18-8-10-25(11-9-18)20-12-16(2)23-19(24-20)14-27-3/h4-7,12,18H,8-11,13-14H2,1-3H3,(H,22,26). The number of methoxy groups -OCH3 is 1. The van der Waals surface area contributed by atoms with Crippen LogP contribution in [0.3, 0.4) is 0 Å². The largest absolute Gasteiger partial charge is 0.377 e. The lowest BCUT2D eigenvalue weighted by Gasteiger charge is -2.32. The van der Waals surface area contributed by atoms with Crippen LogP contribution < -0.4 is 10.2 Å². The molecule has 1 aromatic heterocycles. The number of ether oxygens (including phenoxy) is 1. The maximum Gasteiger partial charge on any atom is 0.223 e. The Labute approximate surface area is 161 Å². The molecule has 0 aliphatic carbocycles. The number of carbonyl (C=O) groups excluding carboxylic acids is 1. The molecule has 1 aliphatic heterocycles. The molecular formula is C21H28N4O2. The first-order chi connectivity index (χ1) is 13.0. The van der Waals surface area contributed by atoms with Crippen LogP contribution in [0.4, 0.5) is 5.82 Å². The quantitative estimate of drug-likeness (QED) is 0.849. The predicted molar refractivity (Wildman–Crippen MR) is 105 cm³/mol. The Kier molecular flexibility index (Phi) is 6.40. The Balaban J connectivity index is 1.52. The summed E-state index contributed by atoms with van der Waals surface area (Å²) in [6, 6.07) is 10.3. The lowest BCUT2D eigenvalue weighted by atomic mass is 9.95. The molecule has 1 aliphatic rings. The van der Waals surface area contributed by atoms with Crippen molar-refractivity contribution in [3.8, 4) is 0 Å². The third kappa shape index (κ3) is 5.26. The van der Waals surface area contributed by atoms with E-state index in [0.717, 1.165) is 43.0 Å². The number of piperidine rings is 1. The highest BCUT2D eigenvalue weighted by atomic mass is 16.5. The second-order valence-electron chi connectivity index (χ2n) is 7.18. The molecule has 0 bridgehead atoms. The van der Waals surface area contributed by atoms with Crippen LogP contribution >= 0.6 is 0 Å². The molecule has 0 spiro atoms. The van der Waals surface area contributed by atoms with Gasteiger partial charge in [0, 0.05) is 44.4 Å². The smallest absolute Gasteiger partial charge is 0.223 e. The van der Waals surface area contributed by atoms with Crippen LogP contribution in [-0.2, 0) is 22.7 Å². The van der Waals surface area contributed by atoms with E-state index >= 15 is 0 Å². The highest BCUT2D eigenvalue weighted by Crippen LogP contribution is 2.23. The molecular weight excluding hydrogens is 340 g/mol. The zero-order chi connectivity index (χ0) is 19.2. The molecule has 6 heteroatoms. The van der Waals surface area contributed by atoms with Gasteiger partial charge in [0.25, 0.3) is 0 Å². The van der Waals surface area contributed by atoms with Gasteiger partial charge in [-0.25, -0.2) is 9.97 Å². The second-order valence-corrected chi connectivity index (χ2v) is 7.18. The lowest BCUT2D eigenvalue weighted by Crippen LogP contribution is -2.40. The number of rotatable bonds is 6. The number of hydrogen-bond acceptors (Lipinski definition) is 5. The molecule has 0 atom stereocenters. The fourth-order valence-electron chi connectivity index (χ4n) is 3.38. The fraction of sp³-hybridized carbons (Fsp3) is 0.476. The molecule has 1 aromatic carbocycles. The van der Waals surface area contributed by atoms with Crippen molar-refractivity contribution in [1.82, 2.24) is 15.3 Å². The van der Waals surface area contributed by atoms with E-state index < -0.39 is 0 Å². The van der Waals surface area contributed by atoms with Gasteiger partial charge < -0.3 is 15.0 Å². The number of aryl methyl sites for hydroxylation is 2. The molecule has 27 heavy (non-hydrogen) atoms. The molecule has 0 unspecified atom stereocenters. The van der Waals surface area contributed by atoms with Crippen molar-refractivity contribution in [2.45, 2.75) is 39.8 Å². The van der Waals surface area contributed by atoms with Crippen LogP contribution in [0.5, 0.6) is 0 Å². The number of amides is 1. The summed E-state index contributed by atoms with van der Waals surface area (Å²) in [6.45, 7) is 6.68. The van der Waals surface area contributed by atoms with Gasteiger partial charge in [-0.05, 0) is 32.3 Å². The highest BCUT2D eigenvalue weighted by molar-refractivity contribution is 5.79. The number of anilines is 1. The van der Waals surface area contributed by atoms with E-state index in [9.17, 15) is 4.79 Å². The van der Waals surface area contributed by atoms with E-state index in [1.54, 1.807) is 7.11 Å². The monoisotopic (exact) mass is 368 g/mol. The number of hydrogen-bond donors (Lipinski definition) is 1. The summed E-state index contributed by atoms with van der Waals surface area (Å²) >= 11 is 0. The van der Waals surface area contributed by atoms with Crippen LogP contribution in [0.2, 0.25) is 0 Å². The van der Waals surface area contributed by atoms with Gasteiger partial charge in [-0.15, -0.1) is 0 Å². The number of nitrogens with one attached hydrogen (secondary N) is 1. The molecule has 1 amide bonds. The van der Waals surface area contributed by atoms with E-state index in [1.165, 1.54) is 5.56 Å². The number of nitrogens with zero attached hydrogens (tertiary/aromatic N) is 3. The SMILES string of the molecule is COCc1nc(C)cc(N2CCC(C(=O)NCc3ccc(C)cc3)CC2)n1. The van der Waals surface area contributed by atoms with Crippen molar-refractivity contribution in [2.75, 3.05) is 25.1 Å². The molecule has 3 rings (SSSR count). The van der Waals surface area contributed by atoms with Crippen LogP contribution in [-0.4, -0.2) is 36.1 Å². The maximum absolute atomic E-state index is 12.5. The average Bonchev–Trinajstić information content (AvgIpc) is 2.67. The first-order valence-electron chi connectivity index (χ1n) is 9.47. The van der Waals surface area contributed by atoms with Crippen LogP contribution in [0.1, 0.15) is 35.5 Å². The molecule has 6 nitrogen and oxygen atoms in total. The van der Waals surface area contributed by atoms with Gasteiger partial charge in [0.05, 0.1) is 0 Å². The predicted octanol–water partition coefficient (Wildman–Crippen LogP) is 2.77. The van der Waals surface area contributed by atoms with Crippen molar-refractivity contribution in [2.24, 2.45) is 5.92 Å². The topological polar surface area (TPSA) is 67.3 Å². The minimum Gasteiger partial charge on any atom is -0.377 e. The van der Waals surface area contributed by atoms with Gasteiger partial charge in [0.15, 0.2) is 5.82 Å². The summed E-state index contributed by atoms with van der Waals surface area (Å²) in [5.74, 6) is 1.83. The summed E-state index contributed by atoms with van der Waals surface area (Å²) in [4.78, 5) is 23.7. The second kappa shape index (κ2) is 8.95. The maximum atomic E-state index is 12.5. The van der Waals surface area contributed by atoms with E-state index in [1.807, 2.05) is 13.0 Å². The van der Waals surface area contributed by atoms with Crippen molar-refractivity contribution in [3.05, 3.63) is 53.0 Å². The first-order valence-corrected chi connectivity index (χ1v) is 9.47. The molecule has 1 fully saturated rings. The Hall–Kier alpha value is -2.47. The van der Waals surface area contributed by atoms with Crippen LogP contribution in [0.15, 0.2) is 30.3 Å². The van der Waals surface area contributed by atoms with Gasteiger partial charge in [0.1, 0.15) is 12.4 Å². The average molecular weight is 368 g/mol. The van der Waals surface area contributed by atoms with Crippen molar-refractivity contribution >= 4 is 11.7 Å². The van der Waals surface area contributed by atoms with E-state index in [4.69, 9.17) is 4.74 Å². The van der Waals surface area contributed by atoms with E-state index in [2.05, 4.69) is 51.4 Å². The molecule has 2 aromatic rings. The van der Waals surface area contributed by atoms with Crippen molar-refractivity contribution < 1.29 is 9.53 Å². The minimum absolute atomic E-state index is 0.0630. The Morgan fingerprint density at radius 3 is 2.56 bits per heavy atom. The van der Waals surface area contributed by atoms with Crippen molar-refractivity contribution in [3.63, 3.8) is 0 Å². The summed E-state index contributed by atoms with van der Waals surface area (Å²) in [5.41, 5.74) is 3.30. The molecule has 1 saturated heterocycles. The Bertz CT molecular complexity index is 768. The molecule has 0 saturated carbocycles. The Morgan fingerprint density at radius 2 is 1.89 bits per heavy atom. The van der Waals surface area contributed by atoms with Crippen molar-refractivity contribution in [1.29, 1.82) is 0 Å². The van der Waals surface area contributed by atoms with Gasteiger partial charge in [-0.2, -0.15) is 0 Å². The minimum atomic E-state index is 0.0630. The zero-order valence-corrected chi connectivity index (χ0v) is 16.4. The number of carbonyl (C=O) groups is 1. The number of aromatic nitrogens is 2. The Morgan fingerprint density at radius 1 is 1.19 bits per heavy atom. The molecule has 0 radical (unpaired) electrons. The summed E-state index contributed by atoms with van der Waals surface area (Å²) in [6.07, 6.45) is 1.67. The molecule has 2 heterocycles. The third-order valence-electron chi connectivity index (χ3n) is 4.94. The van der Waals surface area contributed by atoms with Crippen LogP contribution in [0.25, 0.3) is 0 Å². The highest BCUT2D eigenvalue weighted by Gasteiger charge is 2.25. The van der Waals surface area contributed by atoms with Gasteiger partial charge in [-0.1, -0.05) is 29.8 Å². The van der Waals surface area contributed by atoms with E-state index in [0.29, 0.717) is 19.0 Å². The van der Waals surface area contributed by atoms with E-state index in [-0.39, 0.29) is 11.8 Å². The summed E-state index contributed by atoms with van der Waals surface area (Å²) in [7, 11) is 1.64. The van der Waals surface area contributed by atoms with Gasteiger partial charge in [-0.3, -0.25) is 4.79 Å². The molecule has 1 N–H and O–H groups in total.